The largest absolute Gasteiger partial charge is 0.434 e. The first-order chi connectivity index (χ1) is 8.09. The van der Waals surface area contributed by atoms with Crippen molar-refractivity contribution in [2.24, 2.45) is 5.92 Å². The first-order valence-corrected chi connectivity index (χ1v) is 5.89. The fourth-order valence-corrected chi connectivity index (χ4v) is 2.39. The lowest BCUT2D eigenvalue weighted by Gasteiger charge is -2.31. The molecule has 17 heavy (non-hydrogen) atoms. The standard InChI is InChI=1S/C13H17F2NO/c1-8(2)12-11-9(6-7-16-12)4-3-5-10(11)17-13(14)15/h3-5,8,12-13,16H,6-7H2,1-2H3/t12-/m0/s1. The van der Waals surface area contributed by atoms with E-state index < -0.39 is 6.61 Å². The molecule has 4 heteroatoms. The summed E-state index contributed by atoms with van der Waals surface area (Å²) in [5, 5.41) is 3.36. The summed E-state index contributed by atoms with van der Waals surface area (Å²) in [6.45, 7) is 2.27. The summed E-state index contributed by atoms with van der Waals surface area (Å²) in [7, 11) is 0. The van der Waals surface area contributed by atoms with E-state index in [1.807, 2.05) is 6.07 Å². The molecule has 1 aromatic rings. The van der Waals surface area contributed by atoms with Gasteiger partial charge < -0.3 is 10.1 Å². The van der Waals surface area contributed by atoms with Gasteiger partial charge in [0.2, 0.25) is 0 Å². The van der Waals surface area contributed by atoms with E-state index in [2.05, 4.69) is 23.9 Å². The van der Waals surface area contributed by atoms with Crippen LogP contribution in [0.5, 0.6) is 5.75 Å². The van der Waals surface area contributed by atoms with Crippen LogP contribution < -0.4 is 10.1 Å². The summed E-state index contributed by atoms with van der Waals surface area (Å²) in [6.07, 6.45) is 0.860. The summed E-state index contributed by atoms with van der Waals surface area (Å²) in [5.41, 5.74) is 2.01. The van der Waals surface area contributed by atoms with Crippen LogP contribution in [-0.2, 0) is 6.42 Å². The molecule has 0 fully saturated rings. The molecule has 94 valence electrons. The average Bonchev–Trinajstić information content (AvgIpc) is 2.27. The van der Waals surface area contributed by atoms with E-state index in [9.17, 15) is 8.78 Å². The van der Waals surface area contributed by atoms with Crippen molar-refractivity contribution in [3.8, 4) is 5.75 Å². The maximum atomic E-state index is 12.4. The first kappa shape index (κ1) is 12.3. The molecule has 1 aliphatic heterocycles. The lowest BCUT2D eigenvalue weighted by Crippen LogP contribution is -2.33. The summed E-state index contributed by atoms with van der Waals surface area (Å²) in [4.78, 5) is 0. The molecule has 0 aromatic heterocycles. The summed E-state index contributed by atoms with van der Waals surface area (Å²) in [6, 6.07) is 5.48. The van der Waals surface area contributed by atoms with Gasteiger partial charge in [-0.25, -0.2) is 0 Å². The number of fused-ring (bicyclic) bond motifs is 1. The third-order valence-electron chi connectivity index (χ3n) is 3.11. The molecular weight excluding hydrogens is 224 g/mol. The van der Waals surface area contributed by atoms with Gasteiger partial charge in [-0.15, -0.1) is 0 Å². The number of benzene rings is 1. The Morgan fingerprint density at radius 2 is 2.12 bits per heavy atom. The van der Waals surface area contributed by atoms with Crippen molar-refractivity contribution in [2.75, 3.05) is 6.54 Å². The van der Waals surface area contributed by atoms with Crippen LogP contribution in [-0.4, -0.2) is 13.2 Å². The Bertz CT molecular complexity index is 393. The fraction of sp³-hybridized carbons (Fsp3) is 0.538. The van der Waals surface area contributed by atoms with Crippen molar-refractivity contribution in [3.63, 3.8) is 0 Å². The van der Waals surface area contributed by atoms with Crippen LogP contribution in [0.25, 0.3) is 0 Å². The van der Waals surface area contributed by atoms with Crippen LogP contribution in [0, 0.1) is 5.92 Å². The topological polar surface area (TPSA) is 21.3 Å². The summed E-state index contributed by atoms with van der Waals surface area (Å²) in [5.74, 6) is 0.653. The molecule has 0 aliphatic carbocycles. The minimum absolute atomic E-state index is 0.0914. The molecule has 1 aliphatic rings. The van der Waals surface area contributed by atoms with Gasteiger partial charge in [0.25, 0.3) is 0 Å². The number of nitrogens with one attached hydrogen (secondary N) is 1. The highest BCUT2D eigenvalue weighted by Crippen LogP contribution is 2.36. The van der Waals surface area contributed by atoms with Crippen molar-refractivity contribution in [2.45, 2.75) is 32.9 Å². The predicted octanol–water partition coefficient (Wildman–Crippen LogP) is 3.13. The van der Waals surface area contributed by atoms with E-state index in [4.69, 9.17) is 0 Å². The maximum Gasteiger partial charge on any atom is 0.387 e. The SMILES string of the molecule is CC(C)[C@@H]1NCCc2cccc(OC(F)F)c21. The highest BCUT2D eigenvalue weighted by Gasteiger charge is 2.26. The molecule has 1 aromatic carbocycles. The number of hydrogen-bond donors (Lipinski definition) is 1. The normalized spacial score (nSPS) is 19.5. The van der Waals surface area contributed by atoms with Gasteiger partial charge in [-0.1, -0.05) is 26.0 Å². The molecule has 0 saturated carbocycles. The zero-order chi connectivity index (χ0) is 12.4. The number of hydrogen-bond acceptors (Lipinski definition) is 2. The van der Waals surface area contributed by atoms with Gasteiger partial charge in [-0.2, -0.15) is 8.78 Å². The van der Waals surface area contributed by atoms with Crippen LogP contribution in [0.15, 0.2) is 18.2 Å². The van der Waals surface area contributed by atoms with E-state index in [0.717, 1.165) is 24.1 Å². The van der Waals surface area contributed by atoms with Crippen molar-refractivity contribution in [1.29, 1.82) is 0 Å². The van der Waals surface area contributed by atoms with E-state index in [1.165, 1.54) is 0 Å². The Morgan fingerprint density at radius 1 is 1.35 bits per heavy atom. The molecule has 2 nitrogen and oxygen atoms in total. The quantitative estimate of drug-likeness (QED) is 0.877. The van der Waals surface area contributed by atoms with E-state index in [0.29, 0.717) is 11.7 Å². The van der Waals surface area contributed by atoms with Crippen LogP contribution >= 0.6 is 0 Å². The highest BCUT2D eigenvalue weighted by atomic mass is 19.3. The van der Waals surface area contributed by atoms with Crippen LogP contribution in [0.3, 0.4) is 0 Å². The number of alkyl halides is 2. The molecule has 2 rings (SSSR count). The average molecular weight is 241 g/mol. The van der Waals surface area contributed by atoms with Gasteiger partial charge in [-0.05, 0) is 30.5 Å². The molecule has 0 bridgehead atoms. The van der Waals surface area contributed by atoms with E-state index in [1.54, 1.807) is 12.1 Å². The third kappa shape index (κ3) is 2.57. The van der Waals surface area contributed by atoms with E-state index in [-0.39, 0.29) is 6.04 Å². The second kappa shape index (κ2) is 5.00. The lowest BCUT2D eigenvalue weighted by molar-refractivity contribution is -0.0510. The second-order valence-corrected chi connectivity index (χ2v) is 4.63. The molecule has 1 N–H and O–H groups in total. The monoisotopic (exact) mass is 241 g/mol. The Morgan fingerprint density at radius 3 is 2.76 bits per heavy atom. The lowest BCUT2D eigenvalue weighted by atomic mass is 9.87. The summed E-state index contributed by atoms with van der Waals surface area (Å²) < 4.78 is 29.4. The Balaban J connectivity index is 2.41. The number of halogens is 2. The molecular formula is C13H17F2NO. The summed E-state index contributed by atoms with van der Waals surface area (Å²) >= 11 is 0. The Kier molecular flexibility index (Phi) is 3.62. The van der Waals surface area contributed by atoms with Crippen molar-refractivity contribution >= 4 is 0 Å². The zero-order valence-electron chi connectivity index (χ0n) is 10.0. The third-order valence-corrected chi connectivity index (χ3v) is 3.11. The minimum atomic E-state index is -2.77. The van der Waals surface area contributed by atoms with Gasteiger partial charge >= 0.3 is 6.61 Å². The van der Waals surface area contributed by atoms with Crippen molar-refractivity contribution in [1.82, 2.24) is 5.32 Å². The van der Waals surface area contributed by atoms with Gasteiger partial charge in [0.05, 0.1) is 0 Å². The predicted molar refractivity (Wildman–Crippen MR) is 62.4 cm³/mol. The maximum absolute atomic E-state index is 12.4. The van der Waals surface area contributed by atoms with Gasteiger partial charge in [0, 0.05) is 11.6 Å². The smallest absolute Gasteiger partial charge is 0.387 e. The van der Waals surface area contributed by atoms with Crippen LogP contribution in [0.2, 0.25) is 0 Å². The fourth-order valence-electron chi connectivity index (χ4n) is 2.39. The first-order valence-electron chi connectivity index (χ1n) is 5.89. The van der Waals surface area contributed by atoms with Crippen molar-refractivity contribution < 1.29 is 13.5 Å². The van der Waals surface area contributed by atoms with Crippen LogP contribution in [0.4, 0.5) is 8.78 Å². The molecule has 0 saturated heterocycles. The minimum Gasteiger partial charge on any atom is -0.434 e. The molecule has 0 unspecified atom stereocenters. The van der Waals surface area contributed by atoms with Gasteiger partial charge in [0.1, 0.15) is 5.75 Å². The molecule has 0 amide bonds. The van der Waals surface area contributed by atoms with Gasteiger partial charge in [0.15, 0.2) is 0 Å². The second-order valence-electron chi connectivity index (χ2n) is 4.63. The van der Waals surface area contributed by atoms with Crippen LogP contribution in [0.1, 0.15) is 31.0 Å². The Labute approximate surface area is 100.0 Å². The van der Waals surface area contributed by atoms with Crippen molar-refractivity contribution in [3.05, 3.63) is 29.3 Å². The molecule has 1 heterocycles. The van der Waals surface area contributed by atoms with E-state index >= 15 is 0 Å². The number of rotatable bonds is 3. The van der Waals surface area contributed by atoms with Gasteiger partial charge in [-0.3, -0.25) is 0 Å². The Hall–Kier alpha value is -1.16. The highest BCUT2D eigenvalue weighted by molar-refractivity contribution is 5.44. The number of ether oxygens (including phenoxy) is 1. The molecule has 0 radical (unpaired) electrons. The molecule has 0 spiro atoms. The molecule has 1 atom stereocenters. The zero-order valence-corrected chi connectivity index (χ0v) is 10.0.